The van der Waals surface area contributed by atoms with Crippen LogP contribution in [-0.2, 0) is 11.3 Å². The summed E-state index contributed by atoms with van der Waals surface area (Å²) in [6.07, 6.45) is -0.665. The van der Waals surface area contributed by atoms with E-state index in [0.29, 0.717) is 22.3 Å². The lowest BCUT2D eigenvalue weighted by Crippen LogP contribution is -2.50. The molecule has 1 amide bonds. The first-order chi connectivity index (χ1) is 11.7. The molecule has 0 saturated carbocycles. The lowest BCUT2D eigenvalue weighted by Gasteiger charge is -2.37. The van der Waals surface area contributed by atoms with E-state index in [4.69, 9.17) is 27.9 Å². The lowest BCUT2D eigenvalue weighted by atomic mass is 10.0. The molecule has 2 aromatic rings. The van der Waals surface area contributed by atoms with Crippen molar-refractivity contribution in [1.82, 2.24) is 4.90 Å². The Bertz CT molecular complexity index is 726. The van der Waals surface area contributed by atoms with Crippen molar-refractivity contribution >= 4 is 29.1 Å². The molecule has 0 bridgehead atoms. The molecule has 25 heavy (non-hydrogen) atoms. The van der Waals surface area contributed by atoms with E-state index in [2.05, 4.69) is 0 Å². The smallest absolute Gasteiger partial charge is 0.264 e. The topological polar surface area (TPSA) is 29.5 Å². The predicted octanol–water partition coefficient (Wildman–Crippen LogP) is 5.59. The first kappa shape index (κ1) is 19.6. The van der Waals surface area contributed by atoms with Gasteiger partial charge in [0, 0.05) is 17.1 Å². The molecule has 134 valence electrons. The van der Waals surface area contributed by atoms with Crippen molar-refractivity contribution in [2.45, 2.75) is 45.9 Å². The molecule has 0 aliphatic carbocycles. The van der Waals surface area contributed by atoms with Gasteiger partial charge in [0.1, 0.15) is 5.75 Å². The van der Waals surface area contributed by atoms with Crippen LogP contribution in [0.3, 0.4) is 0 Å². The van der Waals surface area contributed by atoms with Gasteiger partial charge in [0.2, 0.25) is 0 Å². The van der Waals surface area contributed by atoms with Crippen LogP contribution in [0.25, 0.3) is 0 Å². The summed E-state index contributed by atoms with van der Waals surface area (Å²) in [6.45, 7) is 8.28. The molecular weight excluding hydrogens is 357 g/mol. The third kappa shape index (κ3) is 5.38. The molecule has 0 heterocycles. The van der Waals surface area contributed by atoms with Crippen molar-refractivity contribution in [2.24, 2.45) is 0 Å². The van der Waals surface area contributed by atoms with Gasteiger partial charge in [-0.2, -0.15) is 0 Å². The van der Waals surface area contributed by atoms with E-state index in [1.807, 2.05) is 56.0 Å². The molecule has 5 heteroatoms. The Morgan fingerprint density at radius 3 is 2.32 bits per heavy atom. The van der Waals surface area contributed by atoms with E-state index in [0.717, 1.165) is 5.56 Å². The molecule has 0 N–H and O–H groups in total. The van der Waals surface area contributed by atoms with E-state index < -0.39 is 6.10 Å². The summed E-state index contributed by atoms with van der Waals surface area (Å²) < 4.78 is 5.79. The van der Waals surface area contributed by atoms with E-state index in [1.165, 1.54) is 0 Å². The van der Waals surface area contributed by atoms with Gasteiger partial charge in [0.25, 0.3) is 5.91 Å². The van der Waals surface area contributed by atoms with E-state index in [-0.39, 0.29) is 11.4 Å². The fraction of sp³-hybridized carbons (Fsp3) is 0.350. The van der Waals surface area contributed by atoms with Crippen LogP contribution in [0, 0.1) is 0 Å². The number of amides is 1. The van der Waals surface area contributed by atoms with Gasteiger partial charge in [-0.3, -0.25) is 4.79 Å². The van der Waals surface area contributed by atoms with Crippen LogP contribution >= 0.6 is 23.2 Å². The molecule has 0 fully saturated rings. The first-order valence-electron chi connectivity index (χ1n) is 8.15. The zero-order chi connectivity index (χ0) is 18.6. The van der Waals surface area contributed by atoms with Crippen molar-refractivity contribution < 1.29 is 9.53 Å². The van der Waals surface area contributed by atoms with Gasteiger partial charge < -0.3 is 9.64 Å². The number of rotatable bonds is 5. The maximum Gasteiger partial charge on any atom is 0.264 e. The highest BCUT2D eigenvalue weighted by molar-refractivity contribution is 6.35. The highest BCUT2D eigenvalue weighted by atomic mass is 35.5. The van der Waals surface area contributed by atoms with Crippen molar-refractivity contribution in [2.75, 3.05) is 0 Å². The fourth-order valence-corrected chi connectivity index (χ4v) is 2.90. The average Bonchev–Trinajstić information content (AvgIpc) is 2.54. The van der Waals surface area contributed by atoms with Gasteiger partial charge >= 0.3 is 0 Å². The first-order valence-corrected chi connectivity index (χ1v) is 8.91. The summed E-state index contributed by atoms with van der Waals surface area (Å²) >= 11 is 12.0. The number of carbonyl (C=O) groups excluding carboxylic acids is 1. The molecule has 3 nitrogen and oxygen atoms in total. The Balaban J connectivity index is 2.17. The normalized spacial score (nSPS) is 12.6. The molecule has 1 atom stereocenters. The number of ether oxygens (including phenoxy) is 1. The molecule has 0 unspecified atom stereocenters. The highest BCUT2D eigenvalue weighted by Crippen LogP contribution is 2.29. The Kier molecular flexibility index (Phi) is 6.36. The summed E-state index contributed by atoms with van der Waals surface area (Å²) in [5, 5.41) is 0.911. The van der Waals surface area contributed by atoms with E-state index in [1.54, 1.807) is 25.1 Å². The molecule has 0 aliphatic heterocycles. The standard InChI is InChI=1S/C20H23Cl2NO2/c1-14(25-18-11-10-16(21)12-17(18)22)19(24)23(20(2,3)4)13-15-8-6-5-7-9-15/h5-12,14H,13H2,1-4H3/t14-/m0/s1. The van der Waals surface area contributed by atoms with Crippen LogP contribution in [0.5, 0.6) is 5.75 Å². The summed E-state index contributed by atoms with van der Waals surface area (Å²) in [6, 6.07) is 14.9. The molecular formula is C20H23Cl2NO2. The Morgan fingerprint density at radius 2 is 1.76 bits per heavy atom. The Hall–Kier alpha value is -1.71. The van der Waals surface area contributed by atoms with Crippen molar-refractivity contribution in [3.05, 3.63) is 64.1 Å². The summed E-state index contributed by atoms with van der Waals surface area (Å²) in [4.78, 5) is 14.8. The zero-order valence-electron chi connectivity index (χ0n) is 14.9. The maximum atomic E-state index is 13.0. The van der Waals surface area contributed by atoms with Crippen molar-refractivity contribution in [3.8, 4) is 5.75 Å². The number of nitrogens with zero attached hydrogens (tertiary/aromatic N) is 1. The van der Waals surface area contributed by atoms with Gasteiger partial charge in [0.05, 0.1) is 5.02 Å². The summed E-state index contributed by atoms with van der Waals surface area (Å²) in [5.41, 5.74) is 0.733. The third-order valence-electron chi connectivity index (χ3n) is 3.80. The van der Waals surface area contributed by atoms with Crippen LogP contribution in [0.1, 0.15) is 33.3 Å². The fourth-order valence-electron chi connectivity index (χ4n) is 2.44. The van der Waals surface area contributed by atoms with Crippen LogP contribution in [0.2, 0.25) is 10.0 Å². The quantitative estimate of drug-likeness (QED) is 0.677. The molecule has 2 rings (SSSR count). The van der Waals surface area contributed by atoms with Gasteiger partial charge in [0.15, 0.2) is 6.10 Å². The second-order valence-corrected chi connectivity index (χ2v) is 7.76. The SMILES string of the molecule is C[C@H](Oc1ccc(Cl)cc1Cl)C(=O)N(Cc1ccccc1)C(C)(C)C. The second kappa shape index (κ2) is 8.11. The predicted molar refractivity (Wildman–Crippen MR) is 103 cm³/mol. The summed E-state index contributed by atoms with van der Waals surface area (Å²) in [5.74, 6) is 0.350. The molecule has 0 aromatic heterocycles. The monoisotopic (exact) mass is 379 g/mol. The number of hydrogen-bond acceptors (Lipinski definition) is 2. The van der Waals surface area contributed by atoms with Gasteiger partial charge in [-0.1, -0.05) is 53.5 Å². The number of halogens is 2. The third-order valence-corrected chi connectivity index (χ3v) is 4.34. The molecule has 0 aliphatic rings. The van der Waals surface area contributed by atoms with Crippen LogP contribution < -0.4 is 4.74 Å². The van der Waals surface area contributed by atoms with Crippen LogP contribution in [0.15, 0.2) is 48.5 Å². The van der Waals surface area contributed by atoms with Gasteiger partial charge in [-0.25, -0.2) is 0 Å². The zero-order valence-corrected chi connectivity index (χ0v) is 16.4. The van der Waals surface area contributed by atoms with Crippen molar-refractivity contribution in [3.63, 3.8) is 0 Å². The van der Waals surface area contributed by atoms with Gasteiger partial charge in [-0.15, -0.1) is 0 Å². The van der Waals surface area contributed by atoms with Crippen molar-refractivity contribution in [1.29, 1.82) is 0 Å². The summed E-state index contributed by atoms with van der Waals surface area (Å²) in [7, 11) is 0. The Labute approximate surface area is 159 Å². The molecule has 2 aromatic carbocycles. The average molecular weight is 380 g/mol. The molecule has 0 saturated heterocycles. The van der Waals surface area contributed by atoms with Crippen LogP contribution in [0.4, 0.5) is 0 Å². The molecule has 0 radical (unpaired) electrons. The van der Waals surface area contributed by atoms with Gasteiger partial charge in [-0.05, 0) is 51.5 Å². The van der Waals surface area contributed by atoms with E-state index >= 15 is 0 Å². The van der Waals surface area contributed by atoms with E-state index in [9.17, 15) is 4.79 Å². The number of hydrogen-bond donors (Lipinski definition) is 0. The number of carbonyl (C=O) groups is 1. The second-order valence-electron chi connectivity index (χ2n) is 6.92. The minimum Gasteiger partial charge on any atom is -0.479 e. The Morgan fingerprint density at radius 1 is 1.12 bits per heavy atom. The maximum absolute atomic E-state index is 13.0. The lowest BCUT2D eigenvalue weighted by molar-refractivity contribution is -0.143. The highest BCUT2D eigenvalue weighted by Gasteiger charge is 2.31. The number of benzene rings is 2. The van der Waals surface area contributed by atoms with Crippen LogP contribution in [-0.4, -0.2) is 22.4 Å². The molecule has 0 spiro atoms. The largest absolute Gasteiger partial charge is 0.479 e. The minimum atomic E-state index is -0.665. The minimum absolute atomic E-state index is 0.0950.